The fourth-order valence-corrected chi connectivity index (χ4v) is 2.47. The lowest BCUT2D eigenvalue weighted by Gasteiger charge is -2.06. The van der Waals surface area contributed by atoms with Crippen molar-refractivity contribution >= 4 is 22.9 Å². The summed E-state index contributed by atoms with van der Waals surface area (Å²) < 4.78 is 1.02. The van der Waals surface area contributed by atoms with Gasteiger partial charge in [0.15, 0.2) is 0 Å². The van der Waals surface area contributed by atoms with E-state index in [0.717, 1.165) is 15.9 Å². The van der Waals surface area contributed by atoms with Gasteiger partial charge >= 0.3 is 10.6 Å². The van der Waals surface area contributed by atoms with Crippen molar-refractivity contribution < 1.29 is 0 Å². The minimum absolute atomic E-state index is 0.0249. The highest BCUT2D eigenvalue weighted by Crippen LogP contribution is 2.06. The van der Waals surface area contributed by atoms with Crippen LogP contribution >= 0.6 is 22.9 Å². The third kappa shape index (κ3) is 2.32. The molecule has 0 atom stereocenters. The zero-order valence-corrected chi connectivity index (χ0v) is 11.0. The molecule has 0 radical (unpaired) electrons. The minimum Gasteiger partial charge on any atom is -0.315 e. The van der Waals surface area contributed by atoms with Gasteiger partial charge in [-0.1, -0.05) is 29.9 Å². The molecule has 0 aromatic carbocycles. The van der Waals surface area contributed by atoms with Gasteiger partial charge in [-0.3, -0.25) is 19.1 Å². The van der Waals surface area contributed by atoms with Gasteiger partial charge in [0, 0.05) is 11.1 Å². The molecule has 0 saturated carbocycles. The summed E-state index contributed by atoms with van der Waals surface area (Å²) in [6, 6.07) is 0. The van der Waals surface area contributed by atoms with Crippen LogP contribution in [-0.4, -0.2) is 14.5 Å². The van der Waals surface area contributed by atoms with Crippen LogP contribution in [0.25, 0.3) is 0 Å². The van der Waals surface area contributed by atoms with E-state index in [2.05, 4.69) is 9.97 Å². The first kappa shape index (κ1) is 12.8. The molecule has 2 rings (SSSR count). The molecule has 2 heterocycles. The number of aromatic nitrogens is 3. The third-order valence-corrected chi connectivity index (χ3v) is 3.52. The van der Waals surface area contributed by atoms with E-state index < -0.39 is 11.2 Å². The molecule has 0 fully saturated rings. The average molecular weight is 288 g/mol. The monoisotopic (exact) mass is 287 g/mol. The largest absolute Gasteiger partial charge is 0.329 e. The van der Waals surface area contributed by atoms with E-state index in [1.807, 2.05) is 0 Å². The summed E-state index contributed by atoms with van der Waals surface area (Å²) in [6.45, 7) is 1.80. The van der Waals surface area contributed by atoms with E-state index in [1.54, 1.807) is 12.3 Å². The molecule has 0 bridgehead atoms. The van der Waals surface area contributed by atoms with Crippen molar-refractivity contribution in [3.63, 3.8) is 0 Å². The van der Waals surface area contributed by atoms with Gasteiger partial charge in [0.25, 0.3) is 5.56 Å². The number of hydrogen-bond acceptors (Lipinski definition) is 4. The first-order valence-corrected chi connectivity index (χ1v) is 6.47. The molecule has 96 valence electrons. The van der Waals surface area contributed by atoms with Gasteiger partial charge in [-0.05, 0) is 6.42 Å². The van der Waals surface area contributed by atoms with Crippen molar-refractivity contribution in [2.24, 2.45) is 0 Å². The third-order valence-electron chi connectivity index (χ3n) is 2.48. The smallest absolute Gasteiger partial charge is 0.315 e. The van der Waals surface area contributed by atoms with Crippen LogP contribution in [0.1, 0.15) is 18.2 Å². The Morgan fingerprint density at radius 3 is 2.61 bits per heavy atom. The second kappa shape index (κ2) is 4.95. The maximum absolute atomic E-state index is 12.0. The Morgan fingerprint density at radius 2 is 2.06 bits per heavy atom. The molecule has 2 aromatic heterocycles. The molecule has 0 aliphatic carbocycles. The molecule has 0 aliphatic heterocycles. The summed E-state index contributed by atoms with van der Waals surface area (Å²) in [5.41, 5.74) is -0.150. The summed E-state index contributed by atoms with van der Waals surface area (Å²) in [7, 11) is 0. The minimum atomic E-state index is -0.589. The van der Waals surface area contributed by atoms with Crippen LogP contribution in [0.4, 0.5) is 0 Å². The van der Waals surface area contributed by atoms with Gasteiger partial charge in [-0.15, -0.1) is 0 Å². The molecule has 2 aromatic rings. The highest BCUT2D eigenvalue weighted by Gasteiger charge is 2.11. The van der Waals surface area contributed by atoms with Crippen molar-refractivity contribution in [2.45, 2.75) is 19.9 Å². The summed E-state index contributed by atoms with van der Waals surface area (Å²) >= 11 is 6.77. The van der Waals surface area contributed by atoms with E-state index in [9.17, 15) is 14.4 Å². The Kier molecular flexibility index (Phi) is 3.53. The summed E-state index contributed by atoms with van der Waals surface area (Å²) in [6.07, 6.45) is 0.425. The summed E-state index contributed by atoms with van der Waals surface area (Å²) in [5, 5.41) is 1.65. The molecule has 2 N–H and O–H groups in total. The van der Waals surface area contributed by atoms with Gasteiger partial charge in [0.1, 0.15) is 5.15 Å². The second-order valence-corrected chi connectivity index (χ2v) is 4.86. The van der Waals surface area contributed by atoms with Crippen LogP contribution in [0.5, 0.6) is 0 Å². The molecule has 0 amide bonds. The lowest BCUT2D eigenvalue weighted by atomic mass is 10.2. The summed E-state index contributed by atoms with van der Waals surface area (Å²) in [5.74, 6) is 0. The maximum Gasteiger partial charge on any atom is 0.329 e. The van der Waals surface area contributed by atoms with E-state index in [0.29, 0.717) is 17.7 Å². The van der Waals surface area contributed by atoms with Crippen molar-refractivity contribution in [3.05, 3.63) is 52.3 Å². The number of hydrogen-bond donors (Lipinski definition) is 2. The number of H-pyrrole nitrogens is 2. The Hall–Kier alpha value is -1.60. The maximum atomic E-state index is 12.0. The number of rotatable bonds is 3. The number of nitrogens with one attached hydrogen (secondary N) is 2. The predicted octanol–water partition coefficient (Wildman–Crippen LogP) is 0.550. The van der Waals surface area contributed by atoms with E-state index in [1.165, 1.54) is 0 Å². The number of halogens is 1. The van der Waals surface area contributed by atoms with Crippen LogP contribution in [0, 0.1) is 0 Å². The fraction of sp³-hybridized carbons (Fsp3) is 0.300. The molecular weight excluding hydrogens is 278 g/mol. The van der Waals surface area contributed by atoms with E-state index >= 15 is 0 Å². The molecule has 6 nitrogen and oxygen atoms in total. The fourth-order valence-electron chi connectivity index (χ4n) is 1.60. The van der Waals surface area contributed by atoms with Crippen molar-refractivity contribution in [1.29, 1.82) is 0 Å². The molecule has 18 heavy (non-hydrogen) atoms. The van der Waals surface area contributed by atoms with Gasteiger partial charge in [-0.25, -0.2) is 4.79 Å². The lowest BCUT2D eigenvalue weighted by Crippen LogP contribution is -2.37. The van der Waals surface area contributed by atoms with Crippen LogP contribution in [0.15, 0.2) is 19.8 Å². The van der Waals surface area contributed by atoms with Crippen molar-refractivity contribution in [3.8, 4) is 0 Å². The van der Waals surface area contributed by atoms with Gasteiger partial charge in [-0.2, -0.15) is 0 Å². The van der Waals surface area contributed by atoms with E-state index in [-0.39, 0.29) is 16.6 Å². The normalized spacial score (nSPS) is 10.8. The van der Waals surface area contributed by atoms with Crippen molar-refractivity contribution in [1.82, 2.24) is 14.5 Å². The van der Waals surface area contributed by atoms with Crippen LogP contribution in [-0.2, 0) is 13.0 Å². The lowest BCUT2D eigenvalue weighted by molar-refractivity contribution is 0.675. The average Bonchev–Trinajstić information content (AvgIpc) is 2.70. The SMILES string of the molecule is CCc1c(Cl)[nH]c(=O)n(Cc2csc(=O)[nH]2)c1=O. The van der Waals surface area contributed by atoms with Crippen LogP contribution in [0.2, 0.25) is 5.15 Å². The molecular formula is C10H10ClN3O3S. The number of aromatic amines is 2. The Balaban J connectivity index is 2.55. The van der Waals surface area contributed by atoms with Crippen LogP contribution < -0.4 is 16.1 Å². The Morgan fingerprint density at radius 1 is 1.33 bits per heavy atom. The highest BCUT2D eigenvalue weighted by molar-refractivity contribution is 7.07. The second-order valence-electron chi connectivity index (χ2n) is 3.64. The van der Waals surface area contributed by atoms with Gasteiger partial charge in [0.2, 0.25) is 0 Å². The zero-order valence-electron chi connectivity index (χ0n) is 9.45. The topological polar surface area (TPSA) is 87.7 Å². The quantitative estimate of drug-likeness (QED) is 0.808. The zero-order chi connectivity index (χ0) is 13.3. The summed E-state index contributed by atoms with van der Waals surface area (Å²) in [4.78, 5) is 39.4. The molecule has 0 saturated heterocycles. The van der Waals surface area contributed by atoms with Gasteiger partial charge < -0.3 is 4.98 Å². The Labute approximate surface area is 110 Å². The first-order valence-electron chi connectivity index (χ1n) is 5.21. The number of nitrogens with zero attached hydrogens (tertiary/aromatic N) is 1. The highest BCUT2D eigenvalue weighted by atomic mass is 35.5. The van der Waals surface area contributed by atoms with Crippen LogP contribution in [0.3, 0.4) is 0 Å². The van der Waals surface area contributed by atoms with Crippen molar-refractivity contribution in [2.75, 3.05) is 0 Å². The molecule has 0 unspecified atom stereocenters. The van der Waals surface area contributed by atoms with Gasteiger partial charge in [0.05, 0.1) is 12.1 Å². The predicted molar refractivity (Wildman–Crippen MR) is 69.8 cm³/mol. The number of thiazole rings is 1. The molecule has 8 heteroatoms. The first-order chi connectivity index (χ1) is 8.52. The molecule has 0 aliphatic rings. The molecule has 0 spiro atoms. The Bertz CT molecular complexity index is 740. The standard InChI is InChI=1S/C10H10ClN3O3S/c1-2-6-7(11)13-9(16)14(8(6)15)3-5-4-18-10(17)12-5/h4H,2-3H2,1H3,(H,12,17)(H,13,16). The van der Waals surface area contributed by atoms with E-state index in [4.69, 9.17) is 11.6 Å².